The lowest BCUT2D eigenvalue weighted by atomic mass is 10.1. The second-order valence-electron chi connectivity index (χ2n) is 3.15. The lowest BCUT2D eigenvalue weighted by Crippen LogP contribution is -2.45. The minimum Gasteiger partial charge on any atom is -0.493 e. The molecule has 13 heavy (non-hydrogen) atoms. The van der Waals surface area contributed by atoms with Gasteiger partial charge in [0.25, 0.3) is 0 Å². The maximum Gasteiger partial charge on any atom is 0.119 e. The monoisotopic (exact) mass is 199 g/mol. The van der Waals surface area contributed by atoms with Crippen molar-refractivity contribution in [3.63, 3.8) is 0 Å². The minimum atomic E-state index is 0. The summed E-state index contributed by atoms with van der Waals surface area (Å²) in [5.74, 6) is 1.69. The first kappa shape index (κ1) is 10.4. The molecule has 0 bridgehead atoms. The summed E-state index contributed by atoms with van der Waals surface area (Å²) in [6, 6.07) is 9.97. The molecule has 1 aromatic carbocycles. The number of halogens is 1. The predicted octanol–water partition coefficient (Wildman–Crippen LogP) is 1.71. The molecule has 0 amide bonds. The summed E-state index contributed by atoms with van der Waals surface area (Å²) in [6.07, 6.45) is 0. The quantitative estimate of drug-likeness (QED) is 0.801. The van der Waals surface area contributed by atoms with Crippen molar-refractivity contribution in [2.24, 2.45) is 5.92 Å². The second-order valence-corrected chi connectivity index (χ2v) is 3.15. The summed E-state index contributed by atoms with van der Waals surface area (Å²) in [7, 11) is 0. The normalized spacial score (nSPS) is 15.7. The summed E-state index contributed by atoms with van der Waals surface area (Å²) in [6.45, 7) is 3.05. The summed E-state index contributed by atoms with van der Waals surface area (Å²) in [5, 5.41) is 3.22. The van der Waals surface area contributed by atoms with Crippen LogP contribution in [-0.2, 0) is 0 Å². The van der Waals surface area contributed by atoms with Gasteiger partial charge < -0.3 is 10.1 Å². The van der Waals surface area contributed by atoms with Crippen LogP contribution in [0.4, 0.5) is 0 Å². The van der Waals surface area contributed by atoms with E-state index in [2.05, 4.69) is 5.32 Å². The van der Waals surface area contributed by atoms with E-state index in [1.54, 1.807) is 0 Å². The van der Waals surface area contributed by atoms with E-state index in [-0.39, 0.29) is 12.4 Å². The van der Waals surface area contributed by atoms with Crippen LogP contribution in [0.2, 0.25) is 0 Å². The molecular weight excluding hydrogens is 186 g/mol. The van der Waals surface area contributed by atoms with Crippen LogP contribution in [0.1, 0.15) is 0 Å². The third-order valence-electron chi connectivity index (χ3n) is 2.09. The van der Waals surface area contributed by atoms with Crippen molar-refractivity contribution >= 4 is 12.4 Å². The van der Waals surface area contributed by atoms with E-state index in [9.17, 15) is 0 Å². The lowest BCUT2D eigenvalue weighted by Gasteiger charge is -2.26. The van der Waals surface area contributed by atoms with Crippen molar-refractivity contribution in [2.45, 2.75) is 0 Å². The molecule has 0 radical (unpaired) electrons. The highest BCUT2D eigenvalue weighted by Gasteiger charge is 2.16. The summed E-state index contributed by atoms with van der Waals surface area (Å²) in [5.41, 5.74) is 0. The maximum absolute atomic E-state index is 5.57. The Balaban J connectivity index is 0.000000845. The van der Waals surface area contributed by atoms with Crippen LogP contribution in [0, 0.1) is 5.92 Å². The average molecular weight is 200 g/mol. The molecule has 0 atom stereocenters. The first-order chi connectivity index (χ1) is 5.95. The fourth-order valence-corrected chi connectivity index (χ4v) is 1.20. The molecule has 1 N–H and O–H groups in total. The van der Waals surface area contributed by atoms with Crippen LogP contribution in [0.15, 0.2) is 30.3 Å². The molecule has 1 fully saturated rings. The van der Waals surface area contributed by atoms with Crippen molar-refractivity contribution in [1.29, 1.82) is 0 Å². The highest BCUT2D eigenvalue weighted by atomic mass is 35.5. The molecule has 0 aromatic heterocycles. The number of hydrogen-bond acceptors (Lipinski definition) is 2. The fraction of sp³-hybridized carbons (Fsp3) is 0.400. The zero-order valence-corrected chi connectivity index (χ0v) is 8.22. The summed E-state index contributed by atoms with van der Waals surface area (Å²) >= 11 is 0. The molecule has 0 saturated carbocycles. The summed E-state index contributed by atoms with van der Waals surface area (Å²) < 4.78 is 5.57. The van der Waals surface area contributed by atoms with Gasteiger partial charge in [0, 0.05) is 19.0 Å². The van der Waals surface area contributed by atoms with Gasteiger partial charge >= 0.3 is 0 Å². The Kier molecular flexibility index (Phi) is 4.06. The van der Waals surface area contributed by atoms with Gasteiger partial charge in [0.2, 0.25) is 0 Å². The van der Waals surface area contributed by atoms with Gasteiger partial charge in [-0.25, -0.2) is 0 Å². The maximum atomic E-state index is 5.57. The highest BCUT2D eigenvalue weighted by Crippen LogP contribution is 2.11. The Labute approximate surface area is 84.7 Å². The molecule has 1 aliphatic rings. The van der Waals surface area contributed by atoms with E-state index in [0.717, 1.165) is 25.4 Å². The molecule has 3 heteroatoms. The third-order valence-corrected chi connectivity index (χ3v) is 2.09. The molecule has 1 saturated heterocycles. The zero-order valence-electron chi connectivity index (χ0n) is 7.40. The van der Waals surface area contributed by atoms with Gasteiger partial charge in [-0.05, 0) is 12.1 Å². The molecule has 0 spiro atoms. The lowest BCUT2D eigenvalue weighted by molar-refractivity contribution is 0.199. The Bertz CT molecular complexity index is 236. The van der Waals surface area contributed by atoms with Gasteiger partial charge in [0.1, 0.15) is 5.75 Å². The zero-order chi connectivity index (χ0) is 8.23. The number of rotatable bonds is 3. The van der Waals surface area contributed by atoms with E-state index in [1.807, 2.05) is 30.3 Å². The van der Waals surface area contributed by atoms with E-state index in [1.165, 1.54) is 0 Å². The minimum absolute atomic E-state index is 0. The van der Waals surface area contributed by atoms with Gasteiger partial charge in [0.05, 0.1) is 6.61 Å². The van der Waals surface area contributed by atoms with Crippen molar-refractivity contribution < 1.29 is 4.74 Å². The topological polar surface area (TPSA) is 21.3 Å². The van der Waals surface area contributed by atoms with E-state index in [0.29, 0.717) is 5.92 Å². The Morgan fingerprint density at radius 3 is 2.46 bits per heavy atom. The van der Waals surface area contributed by atoms with Crippen molar-refractivity contribution in [3.8, 4) is 5.75 Å². The number of ether oxygens (including phenoxy) is 1. The number of para-hydroxylation sites is 1. The Morgan fingerprint density at radius 2 is 1.92 bits per heavy atom. The predicted molar refractivity (Wildman–Crippen MR) is 55.5 cm³/mol. The Morgan fingerprint density at radius 1 is 1.23 bits per heavy atom. The van der Waals surface area contributed by atoms with Crippen molar-refractivity contribution in [2.75, 3.05) is 19.7 Å². The van der Waals surface area contributed by atoms with Gasteiger partial charge in [-0.3, -0.25) is 0 Å². The molecule has 0 aliphatic carbocycles. The molecule has 2 rings (SSSR count). The van der Waals surface area contributed by atoms with Crippen molar-refractivity contribution in [3.05, 3.63) is 30.3 Å². The standard InChI is InChI=1S/C10H13NO.ClH/c1-2-4-10(5-3-1)12-8-9-6-11-7-9;/h1-5,9,11H,6-8H2;1H. The van der Waals surface area contributed by atoms with Gasteiger partial charge in [-0.15, -0.1) is 12.4 Å². The van der Waals surface area contributed by atoms with Crippen LogP contribution in [-0.4, -0.2) is 19.7 Å². The molecule has 1 aromatic rings. The Hall–Kier alpha value is -0.730. The number of hydrogen-bond donors (Lipinski definition) is 1. The summed E-state index contributed by atoms with van der Waals surface area (Å²) in [4.78, 5) is 0. The van der Waals surface area contributed by atoms with E-state index >= 15 is 0 Å². The SMILES string of the molecule is Cl.c1ccc(OCC2CNC2)cc1. The smallest absolute Gasteiger partial charge is 0.119 e. The number of nitrogens with one attached hydrogen (secondary N) is 1. The van der Waals surface area contributed by atoms with Crippen LogP contribution >= 0.6 is 12.4 Å². The van der Waals surface area contributed by atoms with Crippen LogP contribution in [0.5, 0.6) is 5.75 Å². The molecule has 0 unspecified atom stereocenters. The highest BCUT2D eigenvalue weighted by molar-refractivity contribution is 5.85. The fourth-order valence-electron chi connectivity index (χ4n) is 1.20. The molecule has 1 heterocycles. The van der Waals surface area contributed by atoms with Gasteiger partial charge in [-0.2, -0.15) is 0 Å². The van der Waals surface area contributed by atoms with Crippen LogP contribution < -0.4 is 10.1 Å². The first-order valence-corrected chi connectivity index (χ1v) is 4.34. The van der Waals surface area contributed by atoms with Gasteiger partial charge in [0.15, 0.2) is 0 Å². The van der Waals surface area contributed by atoms with E-state index in [4.69, 9.17) is 4.74 Å². The van der Waals surface area contributed by atoms with Crippen molar-refractivity contribution in [1.82, 2.24) is 5.32 Å². The third kappa shape index (κ3) is 2.90. The molecule has 72 valence electrons. The molecule has 2 nitrogen and oxygen atoms in total. The number of benzene rings is 1. The van der Waals surface area contributed by atoms with E-state index < -0.39 is 0 Å². The van der Waals surface area contributed by atoms with Gasteiger partial charge in [-0.1, -0.05) is 18.2 Å². The largest absolute Gasteiger partial charge is 0.493 e. The van der Waals surface area contributed by atoms with Crippen LogP contribution in [0.3, 0.4) is 0 Å². The van der Waals surface area contributed by atoms with Crippen LogP contribution in [0.25, 0.3) is 0 Å². The first-order valence-electron chi connectivity index (χ1n) is 4.34. The second kappa shape index (κ2) is 5.10. The molecule has 1 aliphatic heterocycles. The average Bonchev–Trinajstić information content (AvgIpc) is 2.04. The molecular formula is C10H14ClNO.